The van der Waals surface area contributed by atoms with Crippen molar-refractivity contribution in [2.45, 2.75) is 24.6 Å². The molecule has 1 aliphatic rings. The number of methoxy groups -OCH3 is 1. The van der Waals surface area contributed by atoms with Gasteiger partial charge in [-0.1, -0.05) is 6.07 Å². The zero-order valence-electron chi connectivity index (χ0n) is 10.1. The molecule has 1 atom stereocenters. The predicted octanol–water partition coefficient (Wildman–Crippen LogP) is 2.39. The van der Waals surface area contributed by atoms with Gasteiger partial charge in [0.25, 0.3) is 0 Å². The monoisotopic (exact) mass is 253 g/mol. The van der Waals surface area contributed by atoms with E-state index in [1.807, 2.05) is 12.1 Å². The van der Waals surface area contributed by atoms with Crippen LogP contribution in [0, 0.1) is 0 Å². The number of nitrogens with one attached hydrogen (secondary N) is 1. The molecule has 0 radical (unpaired) electrons. The summed E-state index contributed by atoms with van der Waals surface area (Å²) in [5.41, 5.74) is 1.14. The standard InChI is InChI=1S/C13H19NO2S/c1-16-13-7-10(4-5-12(13)15)8-14-9-11-3-2-6-17-11/h4-5,7,11,14-15H,2-3,6,8-9H2,1H3. The maximum absolute atomic E-state index is 9.48. The molecule has 2 rings (SSSR count). The second-order valence-electron chi connectivity index (χ2n) is 4.27. The first kappa shape index (κ1) is 12.6. The van der Waals surface area contributed by atoms with Crippen LogP contribution in [0.5, 0.6) is 11.5 Å². The third kappa shape index (κ3) is 3.54. The molecule has 94 valence electrons. The highest BCUT2D eigenvalue weighted by molar-refractivity contribution is 8.00. The molecule has 0 bridgehead atoms. The molecule has 0 aliphatic carbocycles. The molecule has 17 heavy (non-hydrogen) atoms. The summed E-state index contributed by atoms with van der Waals surface area (Å²) in [6, 6.07) is 5.48. The Morgan fingerprint density at radius 2 is 2.41 bits per heavy atom. The van der Waals surface area contributed by atoms with Crippen LogP contribution in [0.15, 0.2) is 18.2 Å². The smallest absolute Gasteiger partial charge is 0.160 e. The first-order valence-electron chi connectivity index (χ1n) is 5.98. The molecule has 4 heteroatoms. The molecule has 1 aliphatic heterocycles. The van der Waals surface area contributed by atoms with Gasteiger partial charge >= 0.3 is 0 Å². The van der Waals surface area contributed by atoms with Crippen molar-refractivity contribution in [3.63, 3.8) is 0 Å². The van der Waals surface area contributed by atoms with Gasteiger partial charge < -0.3 is 15.2 Å². The van der Waals surface area contributed by atoms with Crippen LogP contribution in [-0.2, 0) is 6.54 Å². The molecule has 0 aromatic heterocycles. The Bertz CT molecular complexity index is 364. The minimum absolute atomic E-state index is 0.197. The van der Waals surface area contributed by atoms with Crippen LogP contribution in [0.25, 0.3) is 0 Å². The Balaban J connectivity index is 1.81. The van der Waals surface area contributed by atoms with Gasteiger partial charge in [0, 0.05) is 18.3 Å². The van der Waals surface area contributed by atoms with E-state index in [0.717, 1.165) is 23.9 Å². The van der Waals surface area contributed by atoms with Gasteiger partial charge in [0.1, 0.15) is 0 Å². The first-order valence-corrected chi connectivity index (χ1v) is 7.02. The maximum atomic E-state index is 9.48. The Morgan fingerprint density at radius 1 is 1.53 bits per heavy atom. The Kier molecular flexibility index (Phi) is 4.57. The topological polar surface area (TPSA) is 41.5 Å². The zero-order chi connectivity index (χ0) is 12.1. The number of aromatic hydroxyl groups is 1. The van der Waals surface area contributed by atoms with Crippen molar-refractivity contribution >= 4 is 11.8 Å². The highest BCUT2D eigenvalue weighted by Crippen LogP contribution is 2.27. The number of phenols is 1. The molecule has 0 saturated carbocycles. The second kappa shape index (κ2) is 6.17. The molecule has 3 nitrogen and oxygen atoms in total. The third-order valence-corrected chi connectivity index (χ3v) is 4.37. The van der Waals surface area contributed by atoms with Crippen LogP contribution in [-0.4, -0.2) is 29.8 Å². The van der Waals surface area contributed by atoms with Gasteiger partial charge in [0.2, 0.25) is 0 Å². The average Bonchev–Trinajstić information content (AvgIpc) is 2.84. The van der Waals surface area contributed by atoms with Crippen molar-refractivity contribution in [2.24, 2.45) is 0 Å². The van der Waals surface area contributed by atoms with Crippen LogP contribution in [0.3, 0.4) is 0 Å². The number of hydrogen-bond acceptors (Lipinski definition) is 4. The van der Waals surface area contributed by atoms with Crippen molar-refractivity contribution in [2.75, 3.05) is 19.4 Å². The van der Waals surface area contributed by atoms with Gasteiger partial charge in [-0.3, -0.25) is 0 Å². The summed E-state index contributed by atoms with van der Waals surface area (Å²) in [4.78, 5) is 0. The largest absolute Gasteiger partial charge is 0.504 e. The van der Waals surface area contributed by atoms with E-state index in [1.54, 1.807) is 13.2 Å². The molecule has 1 heterocycles. The van der Waals surface area contributed by atoms with Crippen molar-refractivity contribution in [1.82, 2.24) is 5.32 Å². The van der Waals surface area contributed by atoms with Crippen LogP contribution in [0.2, 0.25) is 0 Å². The predicted molar refractivity (Wildman–Crippen MR) is 71.8 cm³/mol. The van der Waals surface area contributed by atoms with Crippen LogP contribution in [0.4, 0.5) is 0 Å². The Morgan fingerprint density at radius 3 is 3.12 bits per heavy atom. The minimum Gasteiger partial charge on any atom is -0.504 e. The van der Waals surface area contributed by atoms with E-state index in [2.05, 4.69) is 17.1 Å². The average molecular weight is 253 g/mol. The van der Waals surface area contributed by atoms with Gasteiger partial charge in [-0.25, -0.2) is 0 Å². The molecule has 1 unspecified atom stereocenters. The first-order chi connectivity index (χ1) is 8.29. The minimum atomic E-state index is 0.197. The number of rotatable bonds is 5. The summed E-state index contributed by atoms with van der Waals surface area (Å²) in [7, 11) is 1.57. The molecule has 0 amide bonds. The van der Waals surface area contributed by atoms with E-state index in [9.17, 15) is 5.11 Å². The highest BCUT2D eigenvalue weighted by Gasteiger charge is 2.14. The van der Waals surface area contributed by atoms with Crippen molar-refractivity contribution < 1.29 is 9.84 Å². The van der Waals surface area contributed by atoms with Crippen LogP contribution < -0.4 is 10.1 Å². The normalized spacial score (nSPS) is 19.5. The van der Waals surface area contributed by atoms with Gasteiger partial charge in [0.15, 0.2) is 11.5 Å². The van der Waals surface area contributed by atoms with Gasteiger partial charge in [-0.15, -0.1) is 0 Å². The van der Waals surface area contributed by atoms with Crippen molar-refractivity contribution in [1.29, 1.82) is 0 Å². The molecule has 0 spiro atoms. The lowest BCUT2D eigenvalue weighted by Crippen LogP contribution is -2.22. The molecule has 1 aromatic rings. The highest BCUT2D eigenvalue weighted by atomic mass is 32.2. The van der Waals surface area contributed by atoms with E-state index in [0.29, 0.717) is 5.75 Å². The summed E-state index contributed by atoms with van der Waals surface area (Å²) in [5, 5.41) is 13.7. The van der Waals surface area contributed by atoms with E-state index >= 15 is 0 Å². The van der Waals surface area contributed by atoms with E-state index in [1.165, 1.54) is 18.6 Å². The van der Waals surface area contributed by atoms with E-state index in [-0.39, 0.29) is 5.75 Å². The second-order valence-corrected chi connectivity index (χ2v) is 5.68. The molecule has 1 aromatic carbocycles. The Labute approximate surface area is 107 Å². The van der Waals surface area contributed by atoms with Gasteiger partial charge in [-0.05, 0) is 36.3 Å². The van der Waals surface area contributed by atoms with Crippen molar-refractivity contribution in [3.8, 4) is 11.5 Å². The number of benzene rings is 1. The summed E-state index contributed by atoms with van der Waals surface area (Å²) in [6.45, 7) is 1.89. The summed E-state index contributed by atoms with van der Waals surface area (Å²) >= 11 is 2.06. The lowest BCUT2D eigenvalue weighted by atomic mass is 10.2. The molecule has 2 N–H and O–H groups in total. The van der Waals surface area contributed by atoms with Gasteiger partial charge in [0.05, 0.1) is 7.11 Å². The fourth-order valence-corrected chi connectivity index (χ4v) is 3.25. The summed E-state index contributed by atoms with van der Waals surface area (Å²) in [6.07, 6.45) is 2.68. The SMILES string of the molecule is COc1cc(CNCC2CCCS2)ccc1O. The summed E-state index contributed by atoms with van der Waals surface area (Å²) in [5.74, 6) is 2.04. The molecule has 1 fully saturated rings. The molecule has 1 saturated heterocycles. The van der Waals surface area contributed by atoms with E-state index < -0.39 is 0 Å². The number of hydrogen-bond donors (Lipinski definition) is 2. The Hall–Kier alpha value is -0.870. The lowest BCUT2D eigenvalue weighted by molar-refractivity contribution is 0.373. The van der Waals surface area contributed by atoms with Crippen LogP contribution >= 0.6 is 11.8 Å². The molecular formula is C13H19NO2S. The zero-order valence-corrected chi connectivity index (χ0v) is 10.9. The fourth-order valence-electron chi connectivity index (χ4n) is 2.01. The maximum Gasteiger partial charge on any atom is 0.160 e. The lowest BCUT2D eigenvalue weighted by Gasteiger charge is -2.11. The number of phenolic OH excluding ortho intramolecular Hbond substituents is 1. The number of ether oxygens (including phenoxy) is 1. The van der Waals surface area contributed by atoms with Gasteiger partial charge in [-0.2, -0.15) is 11.8 Å². The van der Waals surface area contributed by atoms with Crippen molar-refractivity contribution in [3.05, 3.63) is 23.8 Å². The molecular weight excluding hydrogens is 234 g/mol. The van der Waals surface area contributed by atoms with Crippen LogP contribution in [0.1, 0.15) is 18.4 Å². The number of thioether (sulfide) groups is 1. The van der Waals surface area contributed by atoms with E-state index in [4.69, 9.17) is 4.74 Å². The fraction of sp³-hybridized carbons (Fsp3) is 0.538. The summed E-state index contributed by atoms with van der Waals surface area (Å²) < 4.78 is 5.08. The quantitative estimate of drug-likeness (QED) is 0.845. The third-order valence-electron chi connectivity index (χ3n) is 2.97.